The summed E-state index contributed by atoms with van der Waals surface area (Å²) in [6.07, 6.45) is 1.94. The van der Waals surface area contributed by atoms with Crippen LogP contribution < -0.4 is 5.32 Å². The summed E-state index contributed by atoms with van der Waals surface area (Å²) in [5.41, 5.74) is 0. The van der Waals surface area contributed by atoms with Crippen molar-refractivity contribution in [3.8, 4) is 0 Å². The Morgan fingerprint density at radius 2 is 2.00 bits per heavy atom. The summed E-state index contributed by atoms with van der Waals surface area (Å²) in [7, 11) is -0.153. The highest BCUT2D eigenvalue weighted by Crippen LogP contribution is 2.00. The minimum absolute atomic E-state index is 0.215. The van der Waals surface area contributed by atoms with Gasteiger partial charge in [0.2, 0.25) is 5.91 Å². The highest BCUT2D eigenvalue weighted by atomic mass is 32.2. The molecule has 0 aliphatic carbocycles. The van der Waals surface area contributed by atoms with Crippen LogP contribution in [0, 0.1) is 0 Å². The summed E-state index contributed by atoms with van der Waals surface area (Å²) in [6.45, 7) is 4.92. The molecule has 0 rings (SSSR count). The molecule has 6 nitrogen and oxygen atoms in total. The van der Waals surface area contributed by atoms with Gasteiger partial charge < -0.3 is 9.80 Å². The lowest BCUT2D eigenvalue weighted by molar-refractivity contribution is -0.888. The fourth-order valence-corrected chi connectivity index (χ4v) is 1.99. The average Bonchev–Trinajstić information content (AvgIpc) is 2.20. The van der Waals surface area contributed by atoms with Crippen molar-refractivity contribution in [3.63, 3.8) is 0 Å². The average molecular weight is 265 g/mol. The maximum Gasteiger partial charge on any atom is 0.270 e. The first-order valence-corrected chi connectivity index (χ1v) is 6.95. The Balaban J connectivity index is 3.86. The van der Waals surface area contributed by atoms with Crippen molar-refractivity contribution in [2.24, 2.45) is 0 Å². The second kappa shape index (κ2) is 6.73. The van der Waals surface area contributed by atoms with Crippen LogP contribution in [0.4, 0.5) is 0 Å². The van der Waals surface area contributed by atoms with E-state index in [0.717, 1.165) is 6.42 Å². The summed E-state index contributed by atoms with van der Waals surface area (Å²) in [6, 6.07) is 0. The number of amides is 1. The number of carbonyl (C=O) groups is 1. The zero-order chi connectivity index (χ0) is 13.5. The predicted molar refractivity (Wildman–Crippen MR) is 66.1 cm³/mol. The quantitative estimate of drug-likeness (QED) is 0.272. The SMILES string of the molecule is C=CC(=O)NCCC[N+](C)(C)CCS(=O)(=O)O. The first kappa shape index (κ1) is 16.1. The Morgan fingerprint density at radius 3 is 2.47 bits per heavy atom. The predicted octanol–water partition coefficient (Wildman–Crippen LogP) is -0.357. The number of quaternary nitrogens is 1. The number of carbonyl (C=O) groups excluding carboxylic acids is 1. The molecule has 0 saturated carbocycles. The monoisotopic (exact) mass is 265 g/mol. The van der Waals surface area contributed by atoms with Gasteiger partial charge in [-0.2, -0.15) is 8.42 Å². The number of nitrogens with one attached hydrogen (secondary N) is 1. The molecule has 0 fully saturated rings. The van der Waals surface area contributed by atoms with E-state index in [2.05, 4.69) is 11.9 Å². The number of nitrogens with zero attached hydrogens (tertiary/aromatic N) is 1. The van der Waals surface area contributed by atoms with Crippen LogP contribution in [0.25, 0.3) is 0 Å². The molecule has 0 bridgehead atoms. The van der Waals surface area contributed by atoms with Crippen molar-refractivity contribution in [2.75, 3.05) is 39.5 Å². The van der Waals surface area contributed by atoms with Crippen LogP contribution in [0.5, 0.6) is 0 Å². The van der Waals surface area contributed by atoms with Crippen molar-refractivity contribution in [1.29, 1.82) is 0 Å². The maximum absolute atomic E-state index is 10.8. The van der Waals surface area contributed by atoms with Gasteiger partial charge in [-0.05, 0) is 6.08 Å². The molecule has 0 aromatic rings. The number of rotatable bonds is 8. The molecule has 7 heteroatoms. The van der Waals surface area contributed by atoms with Crippen LogP contribution in [-0.2, 0) is 14.9 Å². The molecule has 0 heterocycles. The van der Waals surface area contributed by atoms with E-state index in [-0.39, 0.29) is 11.7 Å². The largest absolute Gasteiger partial charge is 0.352 e. The minimum atomic E-state index is -3.90. The molecule has 0 aliphatic rings. The molecule has 0 spiro atoms. The van der Waals surface area contributed by atoms with Gasteiger partial charge in [-0.3, -0.25) is 9.35 Å². The van der Waals surface area contributed by atoms with E-state index in [9.17, 15) is 13.2 Å². The van der Waals surface area contributed by atoms with Crippen LogP contribution in [-0.4, -0.2) is 62.8 Å². The fourth-order valence-electron chi connectivity index (χ4n) is 1.27. The highest BCUT2D eigenvalue weighted by Gasteiger charge is 2.18. The smallest absolute Gasteiger partial charge is 0.270 e. The molecule has 0 aromatic carbocycles. The van der Waals surface area contributed by atoms with Crippen LogP contribution in [0.2, 0.25) is 0 Å². The molecular formula is C10H21N2O4S+. The summed E-state index contributed by atoms with van der Waals surface area (Å²) in [5.74, 6) is -0.466. The minimum Gasteiger partial charge on any atom is -0.352 e. The maximum atomic E-state index is 10.8. The Hall–Kier alpha value is -0.920. The molecule has 2 N–H and O–H groups in total. The van der Waals surface area contributed by atoms with Gasteiger partial charge in [-0.15, -0.1) is 0 Å². The molecule has 0 radical (unpaired) electrons. The van der Waals surface area contributed by atoms with Gasteiger partial charge in [0.15, 0.2) is 0 Å². The van der Waals surface area contributed by atoms with Gasteiger partial charge in [-0.1, -0.05) is 6.58 Å². The fraction of sp³-hybridized carbons (Fsp3) is 0.700. The van der Waals surface area contributed by atoms with Crippen LogP contribution in [0.3, 0.4) is 0 Å². The van der Waals surface area contributed by atoms with Gasteiger partial charge in [0.1, 0.15) is 5.75 Å². The number of hydrogen-bond donors (Lipinski definition) is 2. The summed E-state index contributed by atoms with van der Waals surface area (Å²) >= 11 is 0. The van der Waals surface area contributed by atoms with E-state index >= 15 is 0 Å². The van der Waals surface area contributed by atoms with Crippen molar-refractivity contribution < 1.29 is 22.2 Å². The molecule has 17 heavy (non-hydrogen) atoms. The van der Waals surface area contributed by atoms with E-state index in [0.29, 0.717) is 24.1 Å². The van der Waals surface area contributed by atoms with Gasteiger partial charge >= 0.3 is 0 Å². The van der Waals surface area contributed by atoms with Crippen LogP contribution in [0.15, 0.2) is 12.7 Å². The third-order valence-corrected chi connectivity index (χ3v) is 3.08. The molecular weight excluding hydrogens is 244 g/mol. The first-order chi connectivity index (χ1) is 7.66. The Bertz CT molecular complexity index is 363. The third kappa shape index (κ3) is 9.98. The topological polar surface area (TPSA) is 83.5 Å². The molecule has 0 atom stereocenters. The summed E-state index contributed by atoms with van der Waals surface area (Å²) < 4.78 is 30.4. The Morgan fingerprint density at radius 1 is 1.41 bits per heavy atom. The molecule has 0 unspecified atom stereocenters. The Labute approximate surface area is 103 Å². The molecule has 1 amide bonds. The van der Waals surface area contributed by atoms with E-state index < -0.39 is 10.1 Å². The van der Waals surface area contributed by atoms with Crippen molar-refractivity contribution >= 4 is 16.0 Å². The van der Waals surface area contributed by atoms with Crippen LogP contribution in [0.1, 0.15) is 6.42 Å². The normalized spacial score (nSPS) is 12.2. The molecule has 100 valence electrons. The van der Waals surface area contributed by atoms with Gasteiger partial charge in [0.25, 0.3) is 10.1 Å². The van der Waals surface area contributed by atoms with Gasteiger partial charge in [-0.25, -0.2) is 0 Å². The summed E-state index contributed by atoms with van der Waals surface area (Å²) in [4.78, 5) is 10.8. The summed E-state index contributed by atoms with van der Waals surface area (Å²) in [5, 5.41) is 2.64. The highest BCUT2D eigenvalue weighted by molar-refractivity contribution is 7.85. The van der Waals surface area contributed by atoms with Gasteiger partial charge in [0.05, 0.1) is 27.2 Å². The second-order valence-corrected chi connectivity index (χ2v) is 6.09. The Kier molecular flexibility index (Phi) is 6.36. The van der Waals surface area contributed by atoms with Gasteiger partial charge in [0, 0.05) is 13.0 Å². The molecule has 0 aliphatic heterocycles. The molecule has 0 aromatic heterocycles. The first-order valence-electron chi connectivity index (χ1n) is 5.34. The van der Waals surface area contributed by atoms with E-state index in [1.54, 1.807) is 0 Å². The van der Waals surface area contributed by atoms with E-state index in [4.69, 9.17) is 4.55 Å². The molecule has 0 saturated heterocycles. The lowest BCUT2D eigenvalue weighted by Gasteiger charge is -2.29. The van der Waals surface area contributed by atoms with E-state index in [1.807, 2.05) is 14.1 Å². The zero-order valence-corrected chi connectivity index (χ0v) is 11.2. The number of hydrogen-bond acceptors (Lipinski definition) is 3. The third-order valence-electron chi connectivity index (χ3n) is 2.38. The standard InChI is InChI=1S/C10H20N2O4S/c1-4-10(13)11-6-5-7-12(2,3)8-9-17(14,15)16/h4H,1,5-9H2,2-3H3,(H-,11,13,14,15,16)/p+1. The van der Waals surface area contributed by atoms with Crippen molar-refractivity contribution in [3.05, 3.63) is 12.7 Å². The zero-order valence-electron chi connectivity index (χ0n) is 10.3. The van der Waals surface area contributed by atoms with Crippen molar-refractivity contribution in [2.45, 2.75) is 6.42 Å². The second-order valence-electron chi connectivity index (χ2n) is 4.52. The van der Waals surface area contributed by atoms with Crippen LogP contribution >= 0.6 is 0 Å². The van der Waals surface area contributed by atoms with Crippen molar-refractivity contribution in [1.82, 2.24) is 5.32 Å². The lowest BCUT2D eigenvalue weighted by Crippen LogP contribution is -2.44. The lowest BCUT2D eigenvalue weighted by atomic mass is 10.3. The van der Waals surface area contributed by atoms with E-state index in [1.165, 1.54) is 6.08 Å².